The van der Waals surface area contributed by atoms with Crippen molar-refractivity contribution in [1.82, 2.24) is 15.0 Å². The molecule has 10 heteroatoms. The van der Waals surface area contributed by atoms with Crippen molar-refractivity contribution in [3.8, 4) is 0 Å². The van der Waals surface area contributed by atoms with Crippen molar-refractivity contribution in [2.45, 2.75) is 12.6 Å². The monoisotopic (exact) mass is 304 g/mol. The Labute approximate surface area is 116 Å². The van der Waals surface area contributed by atoms with Gasteiger partial charge in [0, 0.05) is 24.4 Å². The summed E-state index contributed by atoms with van der Waals surface area (Å²) >= 11 is 1.46. The zero-order valence-corrected chi connectivity index (χ0v) is 10.9. The normalized spacial score (nSPS) is 11.4. The van der Waals surface area contributed by atoms with Gasteiger partial charge in [-0.05, 0) is 0 Å². The maximum atomic E-state index is 12.6. The molecule has 20 heavy (non-hydrogen) atoms. The predicted molar refractivity (Wildman–Crippen MR) is 69.2 cm³/mol. The maximum Gasteiger partial charge on any atom is 0.433 e. The van der Waals surface area contributed by atoms with Gasteiger partial charge in [-0.25, -0.2) is 15.8 Å². The van der Waals surface area contributed by atoms with Crippen LogP contribution in [0.2, 0.25) is 0 Å². The molecule has 2 aromatic rings. The summed E-state index contributed by atoms with van der Waals surface area (Å²) < 4.78 is 37.9. The van der Waals surface area contributed by atoms with Gasteiger partial charge in [-0.3, -0.25) is 5.43 Å². The van der Waals surface area contributed by atoms with Crippen LogP contribution >= 0.6 is 11.3 Å². The second-order valence-corrected chi connectivity index (χ2v) is 4.48. The Balaban J connectivity index is 2.06. The molecule has 0 aliphatic heterocycles. The van der Waals surface area contributed by atoms with Gasteiger partial charge in [0.25, 0.3) is 0 Å². The number of nitrogen functional groups attached to an aromatic ring is 1. The van der Waals surface area contributed by atoms with E-state index in [-0.39, 0.29) is 11.8 Å². The first-order valence-corrected chi connectivity index (χ1v) is 6.47. The number of alkyl halides is 3. The van der Waals surface area contributed by atoms with E-state index >= 15 is 0 Å². The van der Waals surface area contributed by atoms with E-state index < -0.39 is 11.9 Å². The van der Waals surface area contributed by atoms with Crippen LogP contribution in [-0.2, 0) is 12.6 Å². The Hall–Kier alpha value is -1.94. The van der Waals surface area contributed by atoms with Gasteiger partial charge in [0.1, 0.15) is 5.82 Å². The zero-order chi connectivity index (χ0) is 14.6. The molecule has 2 heterocycles. The Morgan fingerprint density at radius 2 is 2.10 bits per heavy atom. The van der Waals surface area contributed by atoms with Crippen LogP contribution in [0.1, 0.15) is 11.4 Å². The molecule has 0 spiro atoms. The van der Waals surface area contributed by atoms with Crippen molar-refractivity contribution in [2.75, 3.05) is 17.3 Å². The lowest BCUT2D eigenvalue weighted by Crippen LogP contribution is -2.17. The van der Waals surface area contributed by atoms with Gasteiger partial charge in [0.15, 0.2) is 5.69 Å². The van der Waals surface area contributed by atoms with Gasteiger partial charge in [-0.1, -0.05) is 0 Å². The molecule has 4 N–H and O–H groups in total. The first-order chi connectivity index (χ1) is 9.49. The highest BCUT2D eigenvalue weighted by Crippen LogP contribution is 2.29. The van der Waals surface area contributed by atoms with E-state index in [1.807, 2.05) is 10.8 Å². The number of hydrazine groups is 1. The van der Waals surface area contributed by atoms with E-state index in [2.05, 4.69) is 20.3 Å². The number of aromatic nitrogens is 3. The Bertz CT molecular complexity index is 557. The molecule has 108 valence electrons. The SMILES string of the molecule is NNc1nc(NCCc2cscn2)cc(C(F)(F)F)n1. The summed E-state index contributed by atoms with van der Waals surface area (Å²) in [4.78, 5) is 11.1. The van der Waals surface area contributed by atoms with E-state index in [1.54, 1.807) is 5.51 Å². The van der Waals surface area contributed by atoms with Crippen LogP contribution in [0.5, 0.6) is 0 Å². The van der Waals surface area contributed by atoms with Crippen LogP contribution in [0.3, 0.4) is 0 Å². The number of halogens is 3. The van der Waals surface area contributed by atoms with E-state index in [9.17, 15) is 13.2 Å². The number of nitrogens with one attached hydrogen (secondary N) is 2. The summed E-state index contributed by atoms with van der Waals surface area (Å²) in [5.41, 5.74) is 3.51. The molecule has 0 aliphatic carbocycles. The molecular formula is C10H11F3N6S. The molecular weight excluding hydrogens is 293 g/mol. The van der Waals surface area contributed by atoms with Gasteiger partial charge in [-0.2, -0.15) is 18.2 Å². The highest BCUT2D eigenvalue weighted by Gasteiger charge is 2.33. The van der Waals surface area contributed by atoms with Crippen LogP contribution in [0.25, 0.3) is 0 Å². The zero-order valence-electron chi connectivity index (χ0n) is 10.1. The van der Waals surface area contributed by atoms with Crippen molar-refractivity contribution in [3.05, 3.63) is 28.3 Å². The molecule has 0 unspecified atom stereocenters. The Morgan fingerprint density at radius 1 is 1.30 bits per heavy atom. The lowest BCUT2D eigenvalue weighted by molar-refractivity contribution is -0.141. The van der Waals surface area contributed by atoms with Crippen LogP contribution in [0, 0.1) is 0 Å². The van der Waals surface area contributed by atoms with Gasteiger partial charge in [0.2, 0.25) is 5.95 Å². The number of nitrogens with zero attached hydrogens (tertiary/aromatic N) is 3. The molecule has 0 saturated carbocycles. The highest BCUT2D eigenvalue weighted by atomic mass is 32.1. The third kappa shape index (κ3) is 3.78. The molecule has 2 rings (SSSR count). The fraction of sp³-hybridized carbons (Fsp3) is 0.300. The second-order valence-electron chi connectivity index (χ2n) is 3.76. The summed E-state index contributed by atoms with van der Waals surface area (Å²) in [5.74, 6) is 4.81. The fourth-order valence-electron chi connectivity index (χ4n) is 1.43. The molecule has 0 amide bonds. The average molecular weight is 304 g/mol. The molecule has 0 aliphatic rings. The fourth-order valence-corrected chi connectivity index (χ4v) is 2.02. The molecule has 0 fully saturated rings. The minimum absolute atomic E-state index is 0.0514. The predicted octanol–water partition coefficient (Wildman–Crippen LogP) is 1.89. The van der Waals surface area contributed by atoms with Crippen molar-refractivity contribution >= 4 is 23.1 Å². The van der Waals surface area contributed by atoms with Gasteiger partial charge >= 0.3 is 6.18 Å². The summed E-state index contributed by atoms with van der Waals surface area (Å²) in [5, 5.41) is 4.66. The lowest BCUT2D eigenvalue weighted by Gasteiger charge is -2.11. The van der Waals surface area contributed by atoms with Crippen LogP contribution in [0.4, 0.5) is 24.9 Å². The molecule has 0 aromatic carbocycles. The van der Waals surface area contributed by atoms with Crippen molar-refractivity contribution in [3.63, 3.8) is 0 Å². The number of hydrogen-bond acceptors (Lipinski definition) is 7. The summed E-state index contributed by atoms with van der Waals surface area (Å²) in [7, 11) is 0. The van der Waals surface area contributed by atoms with Crippen molar-refractivity contribution in [1.29, 1.82) is 0 Å². The van der Waals surface area contributed by atoms with Crippen molar-refractivity contribution in [2.24, 2.45) is 5.84 Å². The molecule has 0 saturated heterocycles. The lowest BCUT2D eigenvalue weighted by atomic mass is 10.3. The largest absolute Gasteiger partial charge is 0.433 e. The first kappa shape index (κ1) is 14.5. The number of rotatable bonds is 5. The average Bonchev–Trinajstić information content (AvgIpc) is 2.90. The van der Waals surface area contributed by atoms with Crippen LogP contribution < -0.4 is 16.6 Å². The Kier molecular flexibility index (Phi) is 4.35. The van der Waals surface area contributed by atoms with Gasteiger partial charge < -0.3 is 5.32 Å². The maximum absolute atomic E-state index is 12.6. The first-order valence-electron chi connectivity index (χ1n) is 5.53. The standard InChI is InChI=1S/C10H11F3N6S/c11-10(12,13)7-3-8(18-9(17-7)19-14)15-2-1-6-4-20-5-16-6/h3-5H,1-2,14H2,(H2,15,17,18,19). The quantitative estimate of drug-likeness (QED) is 0.577. The summed E-state index contributed by atoms with van der Waals surface area (Å²) in [6, 6.07) is 0.835. The van der Waals surface area contributed by atoms with Gasteiger partial charge in [-0.15, -0.1) is 11.3 Å². The van der Waals surface area contributed by atoms with E-state index in [0.29, 0.717) is 13.0 Å². The van der Waals surface area contributed by atoms with Crippen molar-refractivity contribution < 1.29 is 13.2 Å². The summed E-state index contributed by atoms with van der Waals surface area (Å²) in [6.07, 6.45) is -3.97. The third-order valence-electron chi connectivity index (χ3n) is 2.32. The molecule has 0 bridgehead atoms. The highest BCUT2D eigenvalue weighted by molar-refractivity contribution is 7.07. The molecule has 0 radical (unpaired) electrons. The molecule has 0 atom stereocenters. The molecule has 6 nitrogen and oxygen atoms in total. The minimum Gasteiger partial charge on any atom is -0.370 e. The minimum atomic E-state index is -4.56. The Morgan fingerprint density at radius 3 is 2.70 bits per heavy atom. The topological polar surface area (TPSA) is 88.8 Å². The van der Waals surface area contributed by atoms with Gasteiger partial charge in [0.05, 0.1) is 11.2 Å². The summed E-state index contributed by atoms with van der Waals surface area (Å²) in [6.45, 7) is 0.405. The number of anilines is 2. The van der Waals surface area contributed by atoms with E-state index in [4.69, 9.17) is 5.84 Å². The number of nitrogens with two attached hydrogens (primary N) is 1. The smallest absolute Gasteiger partial charge is 0.370 e. The number of thiazole rings is 1. The van der Waals surface area contributed by atoms with E-state index in [0.717, 1.165) is 11.8 Å². The third-order valence-corrected chi connectivity index (χ3v) is 2.95. The van der Waals surface area contributed by atoms with Crippen LogP contribution in [-0.4, -0.2) is 21.5 Å². The van der Waals surface area contributed by atoms with Crippen LogP contribution in [0.15, 0.2) is 17.0 Å². The van der Waals surface area contributed by atoms with E-state index in [1.165, 1.54) is 11.3 Å². The molecule has 2 aromatic heterocycles. The number of hydrogen-bond donors (Lipinski definition) is 3. The second kappa shape index (κ2) is 6.01.